The summed E-state index contributed by atoms with van der Waals surface area (Å²) in [6.07, 6.45) is 15.0. The minimum absolute atomic E-state index is 0.734. The molecule has 0 atom stereocenters. The fourth-order valence-electron chi connectivity index (χ4n) is 7.04. The standard InChI is InChI=1S/C41H46Br2O3.C2H6/c1-3-5-7-9-11-13-23-44-31-17-21-37-35(27-31)36-28-32(45-24-14-12-10-8-6-4-2)18-22-38(36)41(37)39-25-29(42)15-19-33(39)34-20-16-30(43)26-40(34)46-41;1-2/h15-22,25-28H,3-14,23-24H2,1-2H3;1-2H3. The summed E-state index contributed by atoms with van der Waals surface area (Å²) in [5, 5.41) is 0. The zero-order chi connectivity index (χ0) is 33.9. The van der Waals surface area contributed by atoms with Crippen LogP contribution in [0.3, 0.4) is 0 Å². The SMILES string of the molecule is CC.CCCCCCCCOc1ccc2c(c1)-c1cc(OCCCCCCCC)ccc1C21Oc2cc(Br)ccc2-c2ccc(Br)cc21. The molecule has 1 aliphatic carbocycles. The van der Waals surface area contributed by atoms with Gasteiger partial charge < -0.3 is 14.2 Å². The predicted octanol–water partition coefficient (Wildman–Crippen LogP) is 14.0. The molecule has 5 heteroatoms. The van der Waals surface area contributed by atoms with Crippen molar-refractivity contribution in [2.75, 3.05) is 13.2 Å². The maximum absolute atomic E-state index is 7.23. The Morgan fingerprint density at radius 1 is 0.500 bits per heavy atom. The van der Waals surface area contributed by atoms with Crippen LogP contribution in [0.5, 0.6) is 17.2 Å². The minimum Gasteiger partial charge on any atom is -0.494 e. The lowest BCUT2D eigenvalue weighted by molar-refractivity contribution is 0.156. The molecular formula is C43H52Br2O3. The Morgan fingerprint density at radius 3 is 1.52 bits per heavy atom. The summed E-state index contributed by atoms with van der Waals surface area (Å²) < 4.78 is 22.0. The first-order valence-electron chi connectivity index (χ1n) is 18.4. The second-order valence-corrected chi connectivity index (χ2v) is 14.6. The van der Waals surface area contributed by atoms with Crippen molar-refractivity contribution in [1.82, 2.24) is 0 Å². The Balaban J connectivity index is 0.00000221. The second kappa shape index (κ2) is 17.8. The van der Waals surface area contributed by atoms with Crippen molar-refractivity contribution < 1.29 is 14.2 Å². The van der Waals surface area contributed by atoms with Gasteiger partial charge in [0.05, 0.1) is 13.2 Å². The molecule has 0 N–H and O–H groups in total. The van der Waals surface area contributed by atoms with Gasteiger partial charge in [0.15, 0.2) is 5.60 Å². The van der Waals surface area contributed by atoms with Crippen molar-refractivity contribution in [2.24, 2.45) is 0 Å². The third kappa shape index (κ3) is 7.99. The molecule has 48 heavy (non-hydrogen) atoms. The van der Waals surface area contributed by atoms with Crippen molar-refractivity contribution in [3.05, 3.63) is 98.4 Å². The van der Waals surface area contributed by atoms with Gasteiger partial charge in [-0.3, -0.25) is 0 Å². The van der Waals surface area contributed by atoms with E-state index < -0.39 is 5.60 Å². The number of hydrogen-bond acceptors (Lipinski definition) is 3. The van der Waals surface area contributed by atoms with Gasteiger partial charge in [-0.15, -0.1) is 0 Å². The maximum atomic E-state index is 7.23. The first kappa shape index (κ1) is 36.5. The predicted molar refractivity (Wildman–Crippen MR) is 209 cm³/mol. The van der Waals surface area contributed by atoms with Crippen molar-refractivity contribution in [3.63, 3.8) is 0 Å². The Kier molecular flexibility index (Phi) is 13.5. The molecule has 0 bridgehead atoms. The lowest BCUT2D eigenvalue weighted by Gasteiger charge is -2.39. The van der Waals surface area contributed by atoms with Crippen LogP contribution in [0, 0.1) is 0 Å². The van der Waals surface area contributed by atoms with Crippen molar-refractivity contribution in [1.29, 1.82) is 0 Å². The van der Waals surface area contributed by atoms with E-state index in [9.17, 15) is 0 Å². The van der Waals surface area contributed by atoms with Gasteiger partial charge in [0, 0.05) is 31.2 Å². The number of rotatable bonds is 16. The minimum atomic E-state index is -0.798. The highest BCUT2D eigenvalue weighted by Gasteiger charge is 2.51. The Hall–Kier alpha value is -2.76. The number of halogens is 2. The lowest BCUT2D eigenvalue weighted by atomic mass is 9.78. The molecule has 256 valence electrons. The first-order chi connectivity index (χ1) is 23.5. The fraction of sp³-hybridized carbons (Fsp3) is 0.442. The summed E-state index contributed by atoms with van der Waals surface area (Å²) in [6.45, 7) is 9.99. The van der Waals surface area contributed by atoms with Crippen LogP contribution < -0.4 is 14.2 Å². The molecule has 1 aliphatic heterocycles. The van der Waals surface area contributed by atoms with Crippen molar-refractivity contribution in [3.8, 4) is 39.5 Å². The third-order valence-electron chi connectivity index (χ3n) is 9.42. The van der Waals surface area contributed by atoms with Gasteiger partial charge in [0.25, 0.3) is 0 Å². The van der Waals surface area contributed by atoms with E-state index in [0.29, 0.717) is 0 Å². The molecule has 0 saturated heterocycles. The average Bonchev–Trinajstić information content (AvgIpc) is 3.37. The second-order valence-electron chi connectivity index (χ2n) is 12.8. The van der Waals surface area contributed by atoms with E-state index in [4.69, 9.17) is 14.2 Å². The van der Waals surface area contributed by atoms with E-state index in [2.05, 4.69) is 119 Å². The zero-order valence-corrected chi connectivity index (χ0v) is 32.5. The van der Waals surface area contributed by atoms with Crippen LogP contribution in [0.4, 0.5) is 0 Å². The van der Waals surface area contributed by atoms with E-state index in [1.54, 1.807) is 0 Å². The summed E-state index contributed by atoms with van der Waals surface area (Å²) in [7, 11) is 0. The van der Waals surface area contributed by atoms with Gasteiger partial charge in [-0.1, -0.05) is 142 Å². The lowest BCUT2D eigenvalue weighted by Crippen LogP contribution is -2.36. The summed E-state index contributed by atoms with van der Waals surface area (Å²) in [6, 6.07) is 26.0. The van der Waals surface area contributed by atoms with Crippen LogP contribution in [-0.4, -0.2) is 13.2 Å². The fourth-order valence-corrected chi connectivity index (χ4v) is 7.74. The molecule has 0 radical (unpaired) electrons. The molecule has 1 heterocycles. The van der Waals surface area contributed by atoms with Crippen LogP contribution in [0.15, 0.2) is 81.7 Å². The van der Waals surface area contributed by atoms with Gasteiger partial charge in [-0.2, -0.15) is 0 Å². The molecule has 0 amide bonds. The topological polar surface area (TPSA) is 27.7 Å². The van der Waals surface area contributed by atoms with Gasteiger partial charge >= 0.3 is 0 Å². The molecule has 4 aromatic rings. The Labute approximate surface area is 306 Å². The van der Waals surface area contributed by atoms with Crippen LogP contribution in [0.25, 0.3) is 22.3 Å². The number of hydrogen-bond donors (Lipinski definition) is 0. The highest BCUT2D eigenvalue weighted by Crippen LogP contribution is 2.60. The number of unbranched alkanes of at least 4 members (excludes halogenated alkanes) is 10. The molecule has 2 aliphatic rings. The largest absolute Gasteiger partial charge is 0.494 e. The van der Waals surface area contributed by atoms with Gasteiger partial charge in [-0.25, -0.2) is 0 Å². The molecule has 0 fully saturated rings. The molecular weight excluding hydrogens is 724 g/mol. The van der Waals surface area contributed by atoms with Crippen LogP contribution in [-0.2, 0) is 5.60 Å². The van der Waals surface area contributed by atoms with E-state index in [1.807, 2.05) is 13.8 Å². The molecule has 3 nitrogen and oxygen atoms in total. The summed E-state index contributed by atoms with van der Waals surface area (Å²) in [5.74, 6) is 2.68. The highest BCUT2D eigenvalue weighted by molar-refractivity contribution is 9.10. The van der Waals surface area contributed by atoms with Crippen molar-refractivity contribution in [2.45, 2.75) is 110 Å². The monoisotopic (exact) mass is 774 g/mol. The van der Waals surface area contributed by atoms with Crippen LogP contribution in [0.2, 0.25) is 0 Å². The number of ether oxygens (including phenoxy) is 3. The van der Waals surface area contributed by atoms with E-state index in [-0.39, 0.29) is 0 Å². The molecule has 0 unspecified atom stereocenters. The number of benzene rings is 4. The molecule has 0 aromatic heterocycles. The summed E-state index contributed by atoms with van der Waals surface area (Å²) >= 11 is 7.48. The highest BCUT2D eigenvalue weighted by atomic mass is 79.9. The maximum Gasteiger partial charge on any atom is 0.186 e. The number of fused-ring (bicyclic) bond motifs is 9. The van der Waals surface area contributed by atoms with Gasteiger partial charge in [0.2, 0.25) is 0 Å². The molecule has 4 aromatic carbocycles. The van der Waals surface area contributed by atoms with E-state index >= 15 is 0 Å². The van der Waals surface area contributed by atoms with Crippen LogP contribution >= 0.6 is 31.9 Å². The summed E-state index contributed by atoms with van der Waals surface area (Å²) in [4.78, 5) is 0. The zero-order valence-electron chi connectivity index (χ0n) is 29.3. The Bertz CT molecular complexity index is 1580. The smallest absolute Gasteiger partial charge is 0.186 e. The summed E-state index contributed by atoms with van der Waals surface area (Å²) in [5.41, 5.74) is 7.17. The van der Waals surface area contributed by atoms with Crippen LogP contribution in [0.1, 0.15) is 121 Å². The third-order valence-corrected chi connectivity index (χ3v) is 10.4. The Morgan fingerprint density at radius 2 is 0.979 bits per heavy atom. The van der Waals surface area contributed by atoms with E-state index in [0.717, 1.165) is 85.6 Å². The van der Waals surface area contributed by atoms with Crippen molar-refractivity contribution >= 4 is 31.9 Å². The molecule has 6 rings (SSSR count). The average molecular weight is 777 g/mol. The van der Waals surface area contributed by atoms with Gasteiger partial charge in [-0.05, 0) is 84.1 Å². The van der Waals surface area contributed by atoms with E-state index in [1.165, 1.54) is 69.8 Å². The quantitative estimate of drug-likeness (QED) is 0.106. The normalized spacial score (nSPS) is 13.0. The molecule has 1 spiro atoms. The van der Waals surface area contributed by atoms with Gasteiger partial charge in [0.1, 0.15) is 17.2 Å². The molecule has 0 saturated carbocycles. The first-order valence-corrected chi connectivity index (χ1v) is 20.0.